The standard InChI is InChI=1S/C25H40N4O13/c1-11(9-29(24(37)12(2)26)17(23(27)36)7-8-19(34)35)40-21-20(41-16(6)33)18(10-39-15(5)32)42-25(38,13(3)30)22(21)28-14(4)31/h11-12,17-18,20-22,38H,7-10,26H2,1-6H3,(H2,27,36)(H,28,31)(H,34,35)/t11?,12-,17+,18+,20+,21-,22+,25-/m0/s1. The Hall–Kier alpha value is -3.67. The van der Waals surface area contributed by atoms with Gasteiger partial charge in [-0.1, -0.05) is 0 Å². The summed E-state index contributed by atoms with van der Waals surface area (Å²) < 4.78 is 22.0. The van der Waals surface area contributed by atoms with Crippen LogP contribution in [0.5, 0.6) is 0 Å². The number of carboxylic acid groups (broad SMARTS) is 1. The van der Waals surface area contributed by atoms with E-state index in [1.54, 1.807) is 0 Å². The SMILES string of the molecule is CC(=O)N[C@@H]1[C@@H](OC(C)CN(C(=O)[C@H](C)N)[C@H](CCC(=O)O)C(N)=O)[C@H](OC(C)=O)[C@@H](COC(C)=O)O[C@@]1(O)C(C)=O. The number of rotatable bonds is 15. The molecule has 1 aliphatic rings. The average Bonchev–Trinajstić information content (AvgIpc) is 2.84. The molecule has 0 aliphatic carbocycles. The maximum absolute atomic E-state index is 13.0. The molecule has 7 N–H and O–H groups in total. The minimum Gasteiger partial charge on any atom is -0.481 e. The number of nitrogens with two attached hydrogens (primary N) is 2. The number of ketones is 1. The van der Waals surface area contributed by atoms with Crippen LogP contribution in [-0.4, -0.2) is 118 Å². The molecule has 1 unspecified atom stereocenters. The summed E-state index contributed by atoms with van der Waals surface area (Å²) in [5.41, 5.74) is 11.2. The van der Waals surface area contributed by atoms with Gasteiger partial charge in [0.1, 0.15) is 30.9 Å². The van der Waals surface area contributed by atoms with E-state index in [4.69, 9.17) is 35.5 Å². The number of nitrogens with zero attached hydrogens (tertiary/aromatic N) is 1. The highest BCUT2D eigenvalue weighted by Crippen LogP contribution is 2.34. The molecule has 17 heteroatoms. The number of carbonyl (C=O) groups excluding carboxylic acids is 6. The zero-order valence-electron chi connectivity index (χ0n) is 24.4. The van der Waals surface area contributed by atoms with E-state index in [9.17, 15) is 38.7 Å². The van der Waals surface area contributed by atoms with Gasteiger partial charge in [0.15, 0.2) is 11.9 Å². The van der Waals surface area contributed by atoms with Crippen LogP contribution >= 0.6 is 0 Å². The Kier molecular flexibility index (Phi) is 13.4. The molecule has 0 aromatic heterocycles. The molecule has 1 aliphatic heterocycles. The third kappa shape index (κ3) is 10.0. The Morgan fingerprint density at radius 3 is 2.05 bits per heavy atom. The van der Waals surface area contributed by atoms with Crippen molar-refractivity contribution < 1.29 is 62.7 Å². The van der Waals surface area contributed by atoms with E-state index in [-0.39, 0.29) is 6.42 Å². The third-order valence-corrected chi connectivity index (χ3v) is 6.24. The maximum Gasteiger partial charge on any atom is 0.303 e. The second-order valence-electron chi connectivity index (χ2n) is 10.0. The van der Waals surface area contributed by atoms with Gasteiger partial charge in [0.2, 0.25) is 23.5 Å². The number of nitrogens with one attached hydrogen (secondary N) is 1. The number of carboxylic acids is 1. The minimum absolute atomic E-state index is 0.341. The van der Waals surface area contributed by atoms with Crippen LogP contribution in [0.25, 0.3) is 0 Å². The molecule has 8 atom stereocenters. The van der Waals surface area contributed by atoms with Crippen LogP contribution in [-0.2, 0) is 52.5 Å². The fourth-order valence-electron chi connectivity index (χ4n) is 4.45. The van der Waals surface area contributed by atoms with Crippen molar-refractivity contribution in [1.82, 2.24) is 10.2 Å². The molecule has 17 nitrogen and oxygen atoms in total. The van der Waals surface area contributed by atoms with Crippen LogP contribution in [0.3, 0.4) is 0 Å². The van der Waals surface area contributed by atoms with Crippen LogP contribution < -0.4 is 16.8 Å². The fraction of sp³-hybridized carbons (Fsp3) is 0.720. The van der Waals surface area contributed by atoms with Gasteiger partial charge in [-0.2, -0.15) is 0 Å². The Morgan fingerprint density at radius 1 is 1.02 bits per heavy atom. The molecule has 1 saturated heterocycles. The van der Waals surface area contributed by atoms with Crippen molar-refractivity contribution in [2.24, 2.45) is 11.5 Å². The van der Waals surface area contributed by atoms with Crippen LogP contribution in [0.4, 0.5) is 0 Å². The molecule has 0 aromatic carbocycles. The molecule has 1 fully saturated rings. The number of hydrogen-bond donors (Lipinski definition) is 5. The van der Waals surface area contributed by atoms with Gasteiger partial charge in [-0.15, -0.1) is 0 Å². The number of carbonyl (C=O) groups is 7. The second-order valence-corrected chi connectivity index (χ2v) is 10.0. The molecule has 0 bridgehead atoms. The van der Waals surface area contributed by atoms with E-state index in [0.717, 1.165) is 32.6 Å². The van der Waals surface area contributed by atoms with E-state index in [2.05, 4.69) is 5.32 Å². The number of ether oxygens (including phenoxy) is 4. The van der Waals surface area contributed by atoms with Crippen molar-refractivity contribution in [1.29, 1.82) is 0 Å². The van der Waals surface area contributed by atoms with Crippen LogP contribution in [0.15, 0.2) is 0 Å². The third-order valence-electron chi connectivity index (χ3n) is 6.24. The lowest BCUT2D eigenvalue weighted by atomic mass is 9.87. The molecule has 1 heterocycles. The summed E-state index contributed by atoms with van der Waals surface area (Å²) in [7, 11) is 0. The van der Waals surface area contributed by atoms with Gasteiger partial charge in [-0.25, -0.2) is 0 Å². The summed E-state index contributed by atoms with van der Waals surface area (Å²) >= 11 is 0. The zero-order valence-corrected chi connectivity index (χ0v) is 24.4. The van der Waals surface area contributed by atoms with Crippen LogP contribution in [0, 0.1) is 0 Å². The molecule has 1 rings (SSSR count). The quantitative estimate of drug-likeness (QED) is 0.119. The monoisotopic (exact) mass is 604 g/mol. The Morgan fingerprint density at radius 2 is 1.62 bits per heavy atom. The lowest BCUT2D eigenvalue weighted by Crippen LogP contribution is -2.74. The molecule has 0 radical (unpaired) electrons. The van der Waals surface area contributed by atoms with E-state index in [1.165, 1.54) is 13.8 Å². The Balaban J connectivity index is 3.61. The van der Waals surface area contributed by atoms with Crippen molar-refractivity contribution >= 4 is 41.4 Å². The summed E-state index contributed by atoms with van der Waals surface area (Å²) in [6, 6.07) is -4.23. The second kappa shape index (κ2) is 15.5. The van der Waals surface area contributed by atoms with Gasteiger partial charge in [0, 0.05) is 40.7 Å². The zero-order chi connectivity index (χ0) is 32.5. The average molecular weight is 605 g/mol. The number of Topliss-reactive ketones (excluding diaryl/α,β-unsaturated/α-hetero) is 1. The smallest absolute Gasteiger partial charge is 0.303 e. The number of amides is 3. The number of primary amides is 1. The molecule has 0 spiro atoms. The highest BCUT2D eigenvalue weighted by molar-refractivity contribution is 5.89. The summed E-state index contributed by atoms with van der Waals surface area (Å²) in [6.45, 7) is 5.91. The first-order valence-corrected chi connectivity index (χ1v) is 13.0. The van der Waals surface area contributed by atoms with E-state index in [0.29, 0.717) is 0 Å². The van der Waals surface area contributed by atoms with Gasteiger partial charge in [0.05, 0.1) is 12.1 Å². The van der Waals surface area contributed by atoms with Gasteiger partial charge in [-0.05, 0) is 20.3 Å². The highest BCUT2D eigenvalue weighted by Gasteiger charge is 2.59. The van der Waals surface area contributed by atoms with Gasteiger partial charge < -0.3 is 50.8 Å². The Bertz CT molecular complexity index is 1050. The topological polar surface area (TPSA) is 264 Å². The van der Waals surface area contributed by atoms with Gasteiger partial charge >= 0.3 is 17.9 Å². The largest absolute Gasteiger partial charge is 0.481 e. The first-order valence-electron chi connectivity index (χ1n) is 13.0. The van der Waals surface area contributed by atoms with E-state index >= 15 is 0 Å². The molecule has 0 aromatic rings. The molecule has 3 amide bonds. The molecule has 238 valence electrons. The van der Waals surface area contributed by atoms with Gasteiger partial charge in [0.25, 0.3) is 0 Å². The van der Waals surface area contributed by atoms with Crippen LogP contribution in [0.1, 0.15) is 54.4 Å². The summed E-state index contributed by atoms with van der Waals surface area (Å²) in [4.78, 5) is 85.7. The minimum atomic E-state index is -2.75. The van der Waals surface area contributed by atoms with Crippen molar-refractivity contribution in [2.45, 2.75) is 103 Å². The van der Waals surface area contributed by atoms with E-state index < -0.39 is 109 Å². The van der Waals surface area contributed by atoms with Crippen molar-refractivity contribution in [3.63, 3.8) is 0 Å². The Labute approximate surface area is 242 Å². The first kappa shape index (κ1) is 36.4. The summed E-state index contributed by atoms with van der Waals surface area (Å²) in [6.07, 6.45) is -6.49. The maximum atomic E-state index is 13.0. The lowest BCUT2D eigenvalue weighted by Gasteiger charge is -2.49. The summed E-state index contributed by atoms with van der Waals surface area (Å²) in [5.74, 6) is -9.11. The van der Waals surface area contributed by atoms with E-state index in [1.807, 2.05) is 0 Å². The summed E-state index contributed by atoms with van der Waals surface area (Å²) in [5, 5.41) is 22.8. The number of esters is 2. The first-order chi connectivity index (χ1) is 19.3. The van der Waals surface area contributed by atoms with Crippen molar-refractivity contribution in [3.05, 3.63) is 0 Å². The molecule has 0 saturated carbocycles. The normalized spacial score (nSPS) is 25.7. The molecular formula is C25H40N4O13. The van der Waals surface area contributed by atoms with Crippen LogP contribution in [0.2, 0.25) is 0 Å². The van der Waals surface area contributed by atoms with Crippen molar-refractivity contribution in [2.75, 3.05) is 13.2 Å². The predicted octanol–water partition coefficient (Wildman–Crippen LogP) is -2.67. The fourth-order valence-corrected chi connectivity index (χ4v) is 4.45. The number of aliphatic carboxylic acids is 1. The molecule has 42 heavy (non-hydrogen) atoms. The number of hydrogen-bond acceptors (Lipinski definition) is 13. The van der Waals surface area contributed by atoms with Gasteiger partial charge in [-0.3, -0.25) is 33.6 Å². The highest BCUT2D eigenvalue weighted by atomic mass is 16.7. The lowest BCUT2D eigenvalue weighted by molar-refractivity contribution is -0.312. The predicted molar refractivity (Wildman–Crippen MR) is 140 cm³/mol. The van der Waals surface area contributed by atoms with Crippen molar-refractivity contribution in [3.8, 4) is 0 Å². The molecular weight excluding hydrogens is 564 g/mol. The number of aliphatic hydroxyl groups is 1.